The molecule has 0 fully saturated rings. The molecule has 0 aliphatic carbocycles. The van der Waals surface area contributed by atoms with Crippen molar-refractivity contribution >= 4 is 15.9 Å². The highest BCUT2D eigenvalue weighted by Crippen LogP contribution is 2.14. The van der Waals surface area contributed by atoms with Gasteiger partial charge in [-0.15, -0.1) is 0 Å². The van der Waals surface area contributed by atoms with Crippen LogP contribution in [0.4, 0.5) is 0 Å². The summed E-state index contributed by atoms with van der Waals surface area (Å²) in [6.07, 6.45) is 2.49. The van der Waals surface area contributed by atoms with Crippen LogP contribution >= 0.6 is 0 Å². The number of hydrogen-bond acceptors (Lipinski definition) is 4. The summed E-state index contributed by atoms with van der Waals surface area (Å²) >= 11 is 0. The molecule has 0 aliphatic rings. The fourth-order valence-corrected chi connectivity index (χ4v) is 1.96. The van der Waals surface area contributed by atoms with Gasteiger partial charge in [0.15, 0.2) is 0 Å². The van der Waals surface area contributed by atoms with E-state index < -0.39 is 15.4 Å². The topological polar surface area (TPSA) is 125 Å². The summed E-state index contributed by atoms with van der Waals surface area (Å²) in [6.45, 7) is 3.44. The van der Waals surface area contributed by atoms with Crippen LogP contribution in [0, 0.1) is 10.8 Å². The fraction of sp³-hybridized carbons (Fsp3) is 0.500. The molecule has 8 heteroatoms. The van der Waals surface area contributed by atoms with Crippen LogP contribution in [0.5, 0.6) is 0 Å². The van der Waals surface area contributed by atoms with Gasteiger partial charge in [-0.25, -0.2) is 13.1 Å². The molecule has 1 aromatic heterocycles. The lowest BCUT2D eigenvalue weighted by atomic mass is 9.93. The van der Waals surface area contributed by atoms with Crippen molar-refractivity contribution in [2.75, 3.05) is 6.54 Å². The first-order valence-electron chi connectivity index (χ1n) is 4.59. The second kappa shape index (κ2) is 4.22. The summed E-state index contributed by atoms with van der Waals surface area (Å²) in [7, 11) is -3.58. The number of hydrogen-bond donors (Lipinski definition) is 4. The van der Waals surface area contributed by atoms with Gasteiger partial charge in [-0.2, -0.15) is 5.10 Å². The van der Waals surface area contributed by atoms with E-state index in [1.807, 2.05) is 0 Å². The number of H-pyrrole nitrogens is 1. The molecule has 0 spiro atoms. The number of aromatic amines is 1. The molecular weight excluding hydrogens is 230 g/mol. The van der Waals surface area contributed by atoms with Gasteiger partial charge >= 0.3 is 0 Å². The molecule has 16 heavy (non-hydrogen) atoms. The summed E-state index contributed by atoms with van der Waals surface area (Å²) in [6, 6.07) is 0. The van der Waals surface area contributed by atoms with E-state index in [-0.39, 0.29) is 17.3 Å². The molecule has 1 rings (SSSR count). The number of amidine groups is 1. The molecule has 1 aromatic rings. The predicted octanol–water partition coefficient (Wildman–Crippen LogP) is -0.350. The van der Waals surface area contributed by atoms with Gasteiger partial charge in [-0.05, 0) is 0 Å². The van der Waals surface area contributed by atoms with Crippen LogP contribution in [-0.2, 0) is 10.0 Å². The Morgan fingerprint density at radius 3 is 2.75 bits per heavy atom. The Morgan fingerprint density at radius 2 is 2.31 bits per heavy atom. The first-order chi connectivity index (χ1) is 7.26. The maximum absolute atomic E-state index is 11.7. The van der Waals surface area contributed by atoms with Gasteiger partial charge in [0, 0.05) is 18.2 Å². The molecule has 0 unspecified atom stereocenters. The third-order valence-electron chi connectivity index (χ3n) is 2.22. The Bertz CT molecular complexity index is 463. The third-order valence-corrected chi connectivity index (χ3v) is 3.58. The minimum Gasteiger partial charge on any atom is -0.387 e. The quantitative estimate of drug-likeness (QED) is 0.418. The van der Waals surface area contributed by atoms with E-state index in [1.54, 1.807) is 13.8 Å². The lowest BCUT2D eigenvalue weighted by Gasteiger charge is -2.22. The maximum Gasteiger partial charge on any atom is 0.243 e. The molecule has 7 nitrogen and oxygen atoms in total. The van der Waals surface area contributed by atoms with Gasteiger partial charge in [0.05, 0.1) is 12.0 Å². The van der Waals surface area contributed by atoms with Gasteiger partial charge in [-0.3, -0.25) is 10.5 Å². The van der Waals surface area contributed by atoms with E-state index in [1.165, 1.54) is 12.4 Å². The third kappa shape index (κ3) is 2.80. The van der Waals surface area contributed by atoms with Gasteiger partial charge in [0.2, 0.25) is 10.0 Å². The zero-order valence-electron chi connectivity index (χ0n) is 9.11. The highest BCUT2D eigenvalue weighted by molar-refractivity contribution is 7.89. The molecule has 0 atom stereocenters. The highest BCUT2D eigenvalue weighted by atomic mass is 32.2. The van der Waals surface area contributed by atoms with Crippen molar-refractivity contribution in [1.29, 1.82) is 5.41 Å². The minimum atomic E-state index is -3.58. The van der Waals surface area contributed by atoms with Crippen molar-refractivity contribution in [1.82, 2.24) is 14.9 Å². The predicted molar refractivity (Wildman–Crippen MR) is 59.5 cm³/mol. The molecule has 0 saturated heterocycles. The minimum absolute atomic E-state index is 0.0619. The largest absolute Gasteiger partial charge is 0.387 e. The van der Waals surface area contributed by atoms with Crippen LogP contribution in [0.2, 0.25) is 0 Å². The summed E-state index contributed by atoms with van der Waals surface area (Å²) < 4.78 is 25.7. The van der Waals surface area contributed by atoms with E-state index in [4.69, 9.17) is 11.1 Å². The molecule has 0 aromatic carbocycles. The maximum atomic E-state index is 11.7. The fourth-order valence-electron chi connectivity index (χ4n) is 0.840. The molecule has 0 aliphatic heterocycles. The summed E-state index contributed by atoms with van der Waals surface area (Å²) in [4.78, 5) is 0.0619. The number of sulfonamides is 1. The number of nitrogens with two attached hydrogens (primary N) is 1. The monoisotopic (exact) mass is 245 g/mol. The molecule has 1 heterocycles. The van der Waals surface area contributed by atoms with Gasteiger partial charge in [-0.1, -0.05) is 13.8 Å². The first-order valence-corrected chi connectivity index (χ1v) is 6.07. The molecule has 0 radical (unpaired) electrons. The lowest BCUT2D eigenvalue weighted by molar-refractivity contribution is 0.493. The first kappa shape index (κ1) is 12.7. The molecule has 90 valence electrons. The van der Waals surface area contributed by atoms with Crippen molar-refractivity contribution in [3.05, 3.63) is 12.4 Å². The van der Waals surface area contributed by atoms with Crippen LogP contribution < -0.4 is 10.5 Å². The zero-order valence-corrected chi connectivity index (χ0v) is 9.93. The van der Waals surface area contributed by atoms with Crippen LogP contribution in [0.15, 0.2) is 17.3 Å². The van der Waals surface area contributed by atoms with E-state index in [0.29, 0.717) is 0 Å². The second-order valence-corrected chi connectivity index (χ2v) is 5.82. The number of aromatic nitrogens is 2. The second-order valence-electron chi connectivity index (χ2n) is 4.06. The average Bonchev–Trinajstić information content (AvgIpc) is 2.68. The molecule has 0 amide bonds. The van der Waals surface area contributed by atoms with Crippen molar-refractivity contribution in [3.8, 4) is 0 Å². The molecular formula is C8H15N5O2S. The molecule has 5 N–H and O–H groups in total. The summed E-state index contributed by atoms with van der Waals surface area (Å²) in [5.41, 5.74) is 4.64. The zero-order chi connectivity index (χ0) is 12.4. The highest BCUT2D eigenvalue weighted by Gasteiger charge is 2.25. The normalized spacial score (nSPS) is 12.6. The van der Waals surface area contributed by atoms with Crippen molar-refractivity contribution in [3.63, 3.8) is 0 Å². The average molecular weight is 245 g/mol. The van der Waals surface area contributed by atoms with Crippen LogP contribution in [0.25, 0.3) is 0 Å². The smallest absolute Gasteiger partial charge is 0.243 e. The standard InChI is InChI=1S/C8H15N5O2S/c1-8(2,7(9)10)5-13-16(14,15)6-3-11-12-4-6/h3-4,13H,5H2,1-2H3,(H3,9,10)(H,11,12). The van der Waals surface area contributed by atoms with Gasteiger partial charge in [0.25, 0.3) is 0 Å². The Labute approximate surface area is 94.0 Å². The van der Waals surface area contributed by atoms with Gasteiger partial charge in [0.1, 0.15) is 4.90 Å². The Morgan fingerprint density at radius 1 is 1.69 bits per heavy atom. The Balaban J connectivity index is 2.74. The number of nitrogens with zero attached hydrogens (tertiary/aromatic N) is 1. The van der Waals surface area contributed by atoms with Crippen molar-refractivity contribution < 1.29 is 8.42 Å². The van der Waals surface area contributed by atoms with Crippen molar-refractivity contribution in [2.24, 2.45) is 11.1 Å². The summed E-state index contributed by atoms with van der Waals surface area (Å²) in [5, 5.41) is 13.3. The molecule has 0 saturated carbocycles. The number of nitrogens with one attached hydrogen (secondary N) is 3. The van der Waals surface area contributed by atoms with E-state index in [0.717, 1.165) is 0 Å². The Hall–Kier alpha value is -1.41. The summed E-state index contributed by atoms with van der Waals surface area (Å²) in [5.74, 6) is -0.0672. The van der Waals surface area contributed by atoms with Crippen LogP contribution in [-0.4, -0.2) is 31.0 Å². The van der Waals surface area contributed by atoms with E-state index in [9.17, 15) is 8.42 Å². The molecule has 0 bridgehead atoms. The SMILES string of the molecule is CC(C)(CNS(=O)(=O)c1cn[nH]c1)C(=N)N. The van der Waals surface area contributed by atoms with E-state index in [2.05, 4.69) is 14.9 Å². The lowest BCUT2D eigenvalue weighted by Crippen LogP contribution is -2.41. The van der Waals surface area contributed by atoms with Crippen LogP contribution in [0.3, 0.4) is 0 Å². The van der Waals surface area contributed by atoms with Crippen LogP contribution in [0.1, 0.15) is 13.8 Å². The van der Waals surface area contributed by atoms with E-state index >= 15 is 0 Å². The van der Waals surface area contributed by atoms with Crippen molar-refractivity contribution in [2.45, 2.75) is 18.7 Å². The Kier molecular flexibility index (Phi) is 3.34. The van der Waals surface area contributed by atoms with Gasteiger partial charge < -0.3 is 5.73 Å². The number of rotatable bonds is 5.